The molecule has 1 heterocycles. The average molecular weight is 233 g/mol. The van der Waals surface area contributed by atoms with Gasteiger partial charge in [0.25, 0.3) is 0 Å². The summed E-state index contributed by atoms with van der Waals surface area (Å²) in [5, 5.41) is -0.282. The van der Waals surface area contributed by atoms with Gasteiger partial charge in [-0.2, -0.15) is 0 Å². The normalized spacial score (nSPS) is 25.5. The minimum atomic E-state index is -3.02. The lowest BCUT2D eigenvalue weighted by atomic mass is 9.98. The molecule has 15 heavy (non-hydrogen) atoms. The van der Waals surface area contributed by atoms with Crippen molar-refractivity contribution in [2.45, 2.75) is 51.7 Å². The molecule has 3 nitrogen and oxygen atoms in total. The van der Waals surface area contributed by atoms with Gasteiger partial charge in [0.2, 0.25) is 10.0 Å². The van der Waals surface area contributed by atoms with E-state index < -0.39 is 10.0 Å². The summed E-state index contributed by atoms with van der Waals surface area (Å²) in [5.74, 6) is 0.720. The summed E-state index contributed by atoms with van der Waals surface area (Å²) in [6, 6.07) is 0. The molecule has 1 saturated heterocycles. The van der Waals surface area contributed by atoms with Crippen molar-refractivity contribution < 1.29 is 8.42 Å². The summed E-state index contributed by atoms with van der Waals surface area (Å²) in [5.41, 5.74) is 0. The minimum absolute atomic E-state index is 0.282. The molecule has 0 saturated carbocycles. The van der Waals surface area contributed by atoms with Crippen molar-refractivity contribution in [1.82, 2.24) is 4.31 Å². The van der Waals surface area contributed by atoms with Crippen LogP contribution < -0.4 is 0 Å². The molecule has 0 aromatic carbocycles. The summed E-state index contributed by atoms with van der Waals surface area (Å²) in [4.78, 5) is 0. The summed E-state index contributed by atoms with van der Waals surface area (Å²) < 4.78 is 25.6. The van der Waals surface area contributed by atoms with Crippen molar-refractivity contribution in [3.63, 3.8) is 0 Å². The summed E-state index contributed by atoms with van der Waals surface area (Å²) >= 11 is 0. The maximum atomic E-state index is 12.0. The highest BCUT2D eigenvalue weighted by Crippen LogP contribution is 2.22. The molecule has 1 fully saturated rings. The minimum Gasteiger partial charge on any atom is -0.212 e. The van der Waals surface area contributed by atoms with Crippen molar-refractivity contribution in [1.29, 1.82) is 0 Å². The molecule has 0 aromatic rings. The lowest BCUT2D eigenvalue weighted by molar-refractivity contribution is 0.403. The van der Waals surface area contributed by atoms with E-state index in [9.17, 15) is 8.42 Å². The second kappa shape index (κ2) is 5.30. The Balaban J connectivity index is 2.66. The van der Waals surface area contributed by atoms with Gasteiger partial charge in [0.1, 0.15) is 0 Å². The van der Waals surface area contributed by atoms with Crippen LogP contribution >= 0.6 is 0 Å². The van der Waals surface area contributed by atoms with E-state index in [-0.39, 0.29) is 5.25 Å². The molecule has 0 aromatic heterocycles. The Morgan fingerprint density at radius 1 is 1.27 bits per heavy atom. The van der Waals surface area contributed by atoms with Crippen LogP contribution in [0.2, 0.25) is 0 Å². The molecular formula is C11H23NO2S. The molecule has 4 heteroatoms. The first-order valence-corrected chi connectivity index (χ1v) is 7.47. The number of hydrogen-bond donors (Lipinski definition) is 0. The van der Waals surface area contributed by atoms with Crippen molar-refractivity contribution in [3.8, 4) is 0 Å². The zero-order valence-electron chi connectivity index (χ0n) is 10.1. The van der Waals surface area contributed by atoms with E-state index in [0.29, 0.717) is 0 Å². The van der Waals surface area contributed by atoms with Crippen LogP contribution in [0.1, 0.15) is 46.5 Å². The van der Waals surface area contributed by atoms with Gasteiger partial charge in [-0.25, -0.2) is 12.7 Å². The number of rotatable bonds is 3. The summed E-state index contributed by atoms with van der Waals surface area (Å²) in [6.45, 7) is 7.16. The van der Waals surface area contributed by atoms with Crippen LogP contribution in [0.3, 0.4) is 0 Å². The van der Waals surface area contributed by atoms with Crippen LogP contribution in [-0.2, 0) is 10.0 Å². The lowest BCUT2D eigenvalue weighted by Crippen LogP contribution is -2.37. The van der Waals surface area contributed by atoms with E-state index in [4.69, 9.17) is 0 Å². The predicted molar refractivity (Wildman–Crippen MR) is 63.3 cm³/mol. The molecule has 1 aliphatic rings. The quantitative estimate of drug-likeness (QED) is 0.749. The van der Waals surface area contributed by atoms with Crippen molar-refractivity contribution in [3.05, 3.63) is 0 Å². The molecule has 1 unspecified atom stereocenters. The van der Waals surface area contributed by atoms with Gasteiger partial charge in [-0.3, -0.25) is 0 Å². The van der Waals surface area contributed by atoms with Crippen LogP contribution in [0.5, 0.6) is 0 Å². The van der Waals surface area contributed by atoms with E-state index in [2.05, 4.69) is 6.92 Å². The molecular weight excluding hydrogens is 210 g/mol. The number of hydrogen-bond acceptors (Lipinski definition) is 2. The highest BCUT2D eigenvalue weighted by Gasteiger charge is 2.27. The van der Waals surface area contributed by atoms with Gasteiger partial charge in [-0.15, -0.1) is 0 Å². The van der Waals surface area contributed by atoms with Gasteiger partial charge in [-0.1, -0.05) is 13.3 Å². The molecule has 0 radical (unpaired) electrons. The fourth-order valence-electron chi connectivity index (χ4n) is 2.10. The summed E-state index contributed by atoms with van der Waals surface area (Å²) in [6.07, 6.45) is 4.41. The second-order valence-electron chi connectivity index (χ2n) is 4.70. The first-order valence-electron chi connectivity index (χ1n) is 5.97. The summed E-state index contributed by atoms with van der Waals surface area (Å²) in [7, 11) is -3.02. The molecule has 0 aliphatic carbocycles. The van der Waals surface area contributed by atoms with Gasteiger partial charge in [0.05, 0.1) is 5.25 Å². The molecule has 0 bridgehead atoms. The highest BCUT2D eigenvalue weighted by molar-refractivity contribution is 7.89. The van der Waals surface area contributed by atoms with E-state index in [1.807, 2.05) is 0 Å². The Morgan fingerprint density at radius 3 is 2.47 bits per heavy atom. The van der Waals surface area contributed by atoms with E-state index in [0.717, 1.165) is 31.8 Å². The first kappa shape index (κ1) is 13.0. The SMILES string of the molecule is CCC1CCCN(S(=O)(=O)C(C)C)CC1. The fraction of sp³-hybridized carbons (Fsp3) is 1.00. The molecule has 1 atom stereocenters. The van der Waals surface area contributed by atoms with Gasteiger partial charge in [0, 0.05) is 13.1 Å². The molecule has 0 amide bonds. The first-order chi connectivity index (χ1) is 6.98. The van der Waals surface area contributed by atoms with E-state index >= 15 is 0 Å². The fourth-order valence-corrected chi connectivity index (χ4v) is 3.44. The highest BCUT2D eigenvalue weighted by atomic mass is 32.2. The molecule has 1 aliphatic heterocycles. The zero-order chi connectivity index (χ0) is 11.5. The monoisotopic (exact) mass is 233 g/mol. The number of nitrogens with zero attached hydrogens (tertiary/aromatic N) is 1. The van der Waals surface area contributed by atoms with Crippen molar-refractivity contribution >= 4 is 10.0 Å². The molecule has 0 spiro atoms. The average Bonchev–Trinajstić information content (AvgIpc) is 2.42. The Kier molecular flexibility index (Phi) is 4.59. The Labute approximate surface area is 93.9 Å². The second-order valence-corrected chi connectivity index (χ2v) is 7.19. The maximum absolute atomic E-state index is 12.0. The van der Waals surface area contributed by atoms with E-state index in [1.54, 1.807) is 18.2 Å². The van der Waals surface area contributed by atoms with Gasteiger partial charge < -0.3 is 0 Å². The van der Waals surface area contributed by atoms with Crippen LogP contribution in [0, 0.1) is 5.92 Å². The smallest absolute Gasteiger partial charge is 0.212 e. The van der Waals surface area contributed by atoms with Crippen molar-refractivity contribution in [2.24, 2.45) is 5.92 Å². The zero-order valence-corrected chi connectivity index (χ0v) is 10.9. The third kappa shape index (κ3) is 3.18. The maximum Gasteiger partial charge on any atom is 0.216 e. The topological polar surface area (TPSA) is 37.4 Å². The lowest BCUT2D eigenvalue weighted by Gasteiger charge is -2.22. The number of sulfonamides is 1. The van der Waals surface area contributed by atoms with Gasteiger partial charge in [-0.05, 0) is 39.0 Å². The van der Waals surface area contributed by atoms with Crippen LogP contribution in [-0.4, -0.2) is 31.1 Å². The van der Waals surface area contributed by atoms with Gasteiger partial charge >= 0.3 is 0 Å². The third-order valence-electron chi connectivity index (χ3n) is 3.34. The molecule has 1 rings (SSSR count). The van der Waals surface area contributed by atoms with Crippen LogP contribution in [0.15, 0.2) is 0 Å². The van der Waals surface area contributed by atoms with Crippen LogP contribution in [0.4, 0.5) is 0 Å². The molecule has 90 valence electrons. The van der Waals surface area contributed by atoms with E-state index in [1.165, 1.54) is 12.8 Å². The largest absolute Gasteiger partial charge is 0.216 e. The Bertz CT molecular complexity index is 285. The Morgan fingerprint density at radius 2 is 1.93 bits per heavy atom. The van der Waals surface area contributed by atoms with Gasteiger partial charge in [0.15, 0.2) is 0 Å². The van der Waals surface area contributed by atoms with Crippen LogP contribution in [0.25, 0.3) is 0 Å². The predicted octanol–water partition coefficient (Wildman–Crippen LogP) is 2.24. The van der Waals surface area contributed by atoms with Crippen molar-refractivity contribution in [2.75, 3.05) is 13.1 Å². The molecule has 0 N–H and O–H groups in total. The standard InChI is InChI=1S/C11H23NO2S/c1-4-11-6-5-8-12(9-7-11)15(13,14)10(2)3/h10-11H,4-9H2,1-3H3. The third-order valence-corrected chi connectivity index (χ3v) is 5.62. The Hall–Kier alpha value is -0.0900.